The molecule has 2 aromatic carbocycles. The lowest BCUT2D eigenvalue weighted by Crippen LogP contribution is -2.50. The molecule has 2 aliphatic rings. The summed E-state index contributed by atoms with van der Waals surface area (Å²) < 4.78 is 52.0. The smallest absolute Gasteiger partial charge is 0.387 e. The Morgan fingerprint density at radius 1 is 1.23 bits per heavy atom. The molecule has 0 saturated heterocycles. The Morgan fingerprint density at radius 3 is 2.51 bits per heavy atom. The van der Waals surface area contributed by atoms with Crippen LogP contribution in [0.15, 0.2) is 41.7 Å². The summed E-state index contributed by atoms with van der Waals surface area (Å²) in [5.74, 6) is 0.283. The number of likely N-dealkylation sites (N-methyl/N-ethyl adjacent to an activating group) is 1. The molecule has 35 heavy (non-hydrogen) atoms. The Balaban J connectivity index is 0.00000167. The van der Waals surface area contributed by atoms with Crippen LogP contribution in [-0.2, 0) is 0 Å². The number of ether oxygens (including phenoxy) is 2. The number of anilines is 1. The standard InChI is InChI=1S/C23H24ClF3N4O2.C2H6/c1-12-28-22(30(4)5)14-9-15(24)18(19-16(25)7-6-8-17(19)33-23(26)27)21-20(14)31(12)13(11-32-21)10-29(2)3;1-2/h6-9,13,23H,1,10-11H2,2-5H3;1-2H3. The van der Waals surface area contributed by atoms with Crippen LogP contribution < -0.4 is 14.4 Å². The fourth-order valence-corrected chi connectivity index (χ4v) is 4.54. The first-order chi connectivity index (χ1) is 16.6. The molecule has 4 rings (SSSR count). The highest BCUT2D eigenvalue weighted by molar-refractivity contribution is 6.35. The van der Waals surface area contributed by atoms with Crippen LogP contribution in [0.25, 0.3) is 11.1 Å². The Kier molecular flexibility index (Phi) is 8.22. The molecule has 10 heteroatoms. The van der Waals surface area contributed by atoms with Gasteiger partial charge in [-0.1, -0.05) is 38.1 Å². The molecule has 0 bridgehead atoms. The van der Waals surface area contributed by atoms with Crippen LogP contribution in [0.1, 0.15) is 19.4 Å². The summed E-state index contributed by atoms with van der Waals surface area (Å²) >= 11 is 6.65. The zero-order valence-electron chi connectivity index (χ0n) is 20.7. The number of nitrogens with zero attached hydrogens (tertiary/aromatic N) is 4. The number of aliphatic imine (C=N–C) groups is 1. The monoisotopic (exact) mass is 510 g/mol. The van der Waals surface area contributed by atoms with Crippen LogP contribution in [0.3, 0.4) is 0 Å². The minimum absolute atomic E-state index is 0.126. The van der Waals surface area contributed by atoms with E-state index in [2.05, 4.69) is 16.3 Å². The Morgan fingerprint density at radius 2 is 1.91 bits per heavy atom. The molecule has 2 aliphatic heterocycles. The van der Waals surface area contributed by atoms with Gasteiger partial charge in [0.05, 0.1) is 27.9 Å². The maximum Gasteiger partial charge on any atom is 0.387 e. The summed E-state index contributed by atoms with van der Waals surface area (Å²) in [5.41, 5.74) is 1.24. The van der Waals surface area contributed by atoms with Gasteiger partial charge in [0.1, 0.15) is 29.8 Å². The van der Waals surface area contributed by atoms with Crippen LogP contribution in [0.5, 0.6) is 11.5 Å². The van der Waals surface area contributed by atoms with Gasteiger partial charge < -0.3 is 24.2 Å². The Hall–Kier alpha value is -2.91. The number of amidine groups is 1. The molecule has 6 nitrogen and oxygen atoms in total. The number of benzene rings is 2. The second-order valence-corrected chi connectivity index (χ2v) is 8.70. The largest absolute Gasteiger partial charge is 0.488 e. The average molecular weight is 511 g/mol. The van der Waals surface area contributed by atoms with Crippen LogP contribution in [0.4, 0.5) is 18.9 Å². The summed E-state index contributed by atoms with van der Waals surface area (Å²) in [5, 5.41) is 0.126. The zero-order valence-corrected chi connectivity index (χ0v) is 21.5. The molecule has 0 N–H and O–H groups in total. The molecule has 0 radical (unpaired) electrons. The molecule has 0 saturated carbocycles. The predicted octanol–water partition coefficient (Wildman–Crippen LogP) is 5.70. The molecule has 0 aromatic heterocycles. The molecular weight excluding hydrogens is 481 g/mol. The molecule has 1 atom stereocenters. The number of rotatable bonds is 5. The van der Waals surface area contributed by atoms with Gasteiger partial charge in [0.15, 0.2) is 5.75 Å². The highest BCUT2D eigenvalue weighted by atomic mass is 35.5. The topological polar surface area (TPSA) is 40.5 Å². The molecule has 0 fully saturated rings. The van der Waals surface area contributed by atoms with Crippen molar-refractivity contribution in [1.29, 1.82) is 0 Å². The summed E-state index contributed by atoms with van der Waals surface area (Å²) in [7, 11) is 7.56. The van der Waals surface area contributed by atoms with Crippen molar-refractivity contribution in [3.8, 4) is 22.6 Å². The van der Waals surface area contributed by atoms with E-state index in [4.69, 9.17) is 16.3 Å². The highest BCUT2D eigenvalue weighted by Gasteiger charge is 2.40. The first-order valence-electron chi connectivity index (χ1n) is 11.2. The maximum atomic E-state index is 15.1. The molecule has 190 valence electrons. The van der Waals surface area contributed by atoms with Gasteiger partial charge in [-0.3, -0.25) is 0 Å². The van der Waals surface area contributed by atoms with E-state index < -0.39 is 12.4 Å². The number of halogens is 4. The van der Waals surface area contributed by atoms with Gasteiger partial charge in [0.2, 0.25) is 0 Å². The maximum absolute atomic E-state index is 15.1. The van der Waals surface area contributed by atoms with Crippen LogP contribution >= 0.6 is 11.6 Å². The lowest BCUT2D eigenvalue weighted by atomic mass is 9.95. The Labute approximate surface area is 209 Å². The average Bonchev–Trinajstić information content (AvgIpc) is 2.78. The van der Waals surface area contributed by atoms with Gasteiger partial charge >= 0.3 is 6.61 Å². The summed E-state index contributed by atoms with van der Waals surface area (Å²) in [4.78, 5) is 10.4. The summed E-state index contributed by atoms with van der Waals surface area (Å²) in [6, 6.07) is 5.25. The SMILES string of the molecule is C=C1N=C(N(C)C)c2cc(Cl)c(-c3c(F)cccc3OC(F)F)c3c2N1C(CN(C)C)CO3.CC. The van der Waals surface area contributed by atoms with E-state index >= 15 is 4.39 Å². The minimum Gasteiger partial charge on any atom is -0.488 e. The molecule has 0 spiro atoms. The van der Waals surface area contributed by atoms with Gasteiger partial charge in [-0.25, -0.2) is 9.38 Å². The van der Waals surface area contributed by atoms with Crippen molar-refractivity contribution in [2.24, 2.45) is 4.99 Å². The van der Waals surface area contributed by atoms with E-state index in [1.165, 1.54) is 12.1 Å². The van der Waals surface area contributed by atoms with E-state index in [1.807, 2.05) is 56.7 Å². The molecule has 2 heterocycles. The van der Waals surface area contributed by atoms with Gasteiger partial charge in [-0.15, -0.1) is 0 Å². The van der Waals surface area contributed by atoms with E-state index in [-0.39, 0.29) is 40.3 Å². The normalized spacial score (nSPS) is 16.3. The second-order valence-electron chi connectivity index (χ2n) is 8.29. The van der Waals surface area contributed by atoms with Crippen molar-refractivity contribution < 1.29 is 22.6 Å². The van der Waals surface area contributed by atoms with Crippen molar-refractivity contribution in [3.05, 3.63) is 53.1 Å². The van der Waals surface area contributed by atoms with Gasteiger partial charge in [-0.2, -0.15) is 8.78 Å². The van der Waals surface area contributed by atoms with E-state index in [1.54, 1.807) is 6.07 Å². The van der Waals surface area contributed by atoms with Crippen molar-refractivity contribution in [1.82, 2.24) is 9.80 Å². The lowest BCUT2D eigenvalue weighted by molar-refractivity contribution is -0.0495. The molecule has 2 aromatic rings. The third-order valence-corrected chi connectivity index (χ3v) is 5.73. The van der Waals surface area contributed by atoms with Gasteiger partial charge in [0, 0.05) is 26.2 Å². The van der Waals surface area contributed by atoms with E-state index in [9.17, 15) is 8.78 Å². The molecule has 0 amide bonds. The first kappa shape index (κ1) is 26.7. The zero-order chi connectivity index (χ0) is 26.0. The second kappa shape index (κ2) is 10.8. The molecular formula is C25H30ClF3N4O2. The number of hydrogen-bond acceptors (Lipinski definition) is 6. The predicted molar refractivity (Wildman–Crippen MR) is 135 cm³/mol. The molecule has 0 aliphatic carbocycles. The van der Waals surface area contributed by atoms with Crippen molar-refractivity contribution in [3.63, 3.8) is 0 Å². The third-order valence-electron chi connectivity index (χ3n) is 5.43. The Bertz CT molecular complexity index is 1140. The highest BCUT2D eigenvalue weighted by Crippen LogP contribution is 2.53. The minimum atomic E-state index is -3.13. The number of alkyl halides is 2. The first-order valence-corrected chi connectivity index (χ1v) is 11.6. The summed E-state index contributed by atoms with van der Waals surface area (Å²) in [6.07, 6.45) is 0. The third kappa shape index (κ3) is 5.06. The van der Waals surface area contributed by atoms with E-state index in [0.717, 1.165) is 6.07 Å². The van der Waals surface area contributed by atoms with Gasteiger partial charge in [-0.05, 0) is 32.3 Å². The number of hydrogen-bond donors (Lipinski definition) is 0. The van der Waals surface area contributed by atoms with Crippen molar-refractivity contribution in [2.75, 3.05) is 46.2 Å². The summed E-state index contributed by atoms with van der Waals surface area (Å²) in [6.45, 7) is 5.88. The van der Waals surface area contributed by atoms with Crippen LogP contribution in [-0.4, -0.2) is 69.6 Å². The van der Waals surface area contributed by atoms with Gasteiger partial charge in [0.25, 0.3) is 0 Å². The van der Waals surface area contributed by atoms with Crippen LogP contribution in [0, 0.1) is 5.82 Å². The van der Waals surface area contributed by atoms with Crippen molar-refractivity contribution >= 4 is 23.1 Å². The van der Waals surface area contributed by atoms with E-state index in [0.29, 0.717) is 29.5 Å². The fraction of sp³-hybridized carbons (Fsp3) is 0.400. The lowest BCUT2D eigenvalue weighted by Gasteiger charge is -2.44. The van der Waals surface area contributed by atoms with Crippen LogP contribution in [0.2, 0.25) is 5.02 Å². The van der Waals surface area contributed by atoms with Crippen molar-refractivity contribution in [2.45, 2.75) is 26.5 Å². The quantitative estimate of drug-likeness (QED) is 0.516. The molecule has 1 unspecified atom stereocenters. The fourth-order valence-electron chi connectivity index (χ4n) is 4.25.